The predicted molar refractivity (Wildman–Crippen MR) is 111 cm³/mol. The summed E-state index contributed by atoms with van der Waals surface area (Å²) in [5, 5.41) is 12.2. The van der Waals surface area contributed by atoms with Crippen molar-refractivity contribution in [2.45, 2.75) is 13.8 Å². The molecule has 8 heteroatoms. The Bertz CT molecular complexity index is 803. The van der Waals surface area contributed by atoms with E-state index in [1.165, 1.54) is 13.8 Å². The normalized spacial score (nSPS) is 10.9. The van der Waals surface area contributed by atoms with E-state index >= 15 is 0 Å². The van der Waals surface area contributed by atoms with Crippen molar-refractivity contribution in [1.29, 1.82) is 0 Å². The van der Waals surface area contributed by atoms with Crippen molar-refractivity contribution in [2.24, 2.45) is 10.2 Å². The molecule has 0 saturated heterocycles. The Labute approximate surface area is 170 Å². The van der Waals surface area contributed by atoms with Crippen LogP contribution in [0.5, 0.6) is 11.5 Å². The molecular formula is C21H24N4O4. The summed E-state index contributed by atoms with van der Waals surface area (Å²) in [6.45, 7) is 3.20. The number of hydrogen-bond donors (Lipinski definition) is 0. The number of nitrogens with zero attached hydrogens (tertiary/aromatic N) is 4. The van der Waals surface area contributed by atoms with Gasteiger partial charge in [-0.25, -0.2) is 0 Å². The molecule has 0 heterocycles. The highest BCUT2D eigenvalue weighted by Crippen LogP contribution is 2.12. The topological polar surface area (TPSA) is 83.8 Å². The molecule has 152 valence electrons. The van der Waals surface area contributed by atoms with E-state index in [0.717, 1.165) is 11.1 Å². The van der Waals surface area contributed by atoms with E-state index < -0.39 is 0 Å². The number of benzene rings is 2. The molecule has 0 amide bonds. The van der Waals surface area contributed by atoms with Crippen LogP contribution in [0.25, 0.3) is 0 Å². The summed E-state index contributed by atoms with van der Waals surface area (Å²) >= 11 is 0. The van der Waals surface area contributed by atoms with Crippen molar-refractivity contribution in [3.8, 4) is 11.5 Å². The summed E-state index contributed by atoms with van der Waals surface area (Å²) in [5.74, 6) is 0.293. The first-order valence-corrected chi connectivity index (χ1v) is 8.89. The van der Waals surface area contributed by atoms with Crippen LogP contribution >= 0.6 is 0 Å². The Morgan fingerprint density at radius 1 is 0.759 bits per heavy atom. The molecule has 2 aromatic rings. The van der Waals surface area contributed by atoms with Gasteiger partial charge in [-0.2, -0.15) is 10.2 Å². The number of rotatable bonds is 8. The Morgan fingerprint density at radius 2 is 1.10 bits per heavy atom. The Morgan fingerprint density at radius 3 is 1.41 bits per heavy atom. The summed E-state index contributed by atoms with van der Waals surface area (Å²) in [6, 6.07) is 14.1. The second-order valence-electron chi connectivity index (χ2n) is 6.27. The molecule has 0 aliphatic heterocycles. The minimum absolute atomic E-state index is 0.352. The van der Waals surface area contributed by atoms with Crippen molar-refractivity contribution < 1.29 is 19.1 Å². The third kappa shape index (κ3) is 8.25. The molecule has 0 aromatic heterocycles. The number of hydrazone groups is 2. The molecule has 0 unspecified atom stereocenters. The zero-order valence-electron chi connectivity index (χ0n) is 16.9. The van der Waals surface area contributed by atoms with Gasteiger partial charge in [0, 0.05) is 27.9 Å². The lowest BCUT2D eigenvalue weighted by Crippen LogP contribution is -2.26. The van der Waals surface area contributed by atoms with Gasteiger partial charge in [0.05, 0.1) is 12.4 Å². The van der Waals surface area contributed by atoms with Gasteiger partial charge >= 0.3 is 11.9 Å². The second-order valence-corrected chi connectivity index (χ2v) is 6.27. The zero-order valence-corrected chi connectivity index (χ0v) is 16.9. The molecule has 0 aliphatic rings. The SMILES string of the molecule is CC(=O)Oc1ccc(/C=N\N(C)CN(C)/N=C/c2ccc(OC(C)=O)cc2)cc1. The molecule has 0 radical (unpaired) electrons. The van der Waals surface area contributed by atoms with Gasteiger partial charge in [0.1, 0.15) is 18.2 Å². The highest BCUT2D eigenvalue weighted by atomic mass is 16.5. The van der Waals surface area contributed by atoms with Crippen LogP contribution in [0.15, 0.2) is 58.7 Å². The monoisotopic (exact) mass is 396 g/mol. The summed E-state index contributed by atoms with van der Waals surface area (Å²) < 4.78 is 9.99. The fourth-order valence-corrected chi connectivity index (χ4v) is 2.28. The van der Waals surface area contributed by atoms with E-state index in [-0.39, 0.29) is 11.9 Å². The van der Waals surface area contributed by atoms with Gasteiger partial charge in [0.15, 0.2) is 0 Å². The molecule has 8 nitrogen and oxygen atoms in total. The Balaban J connectivity index is 1.84. The number of esters is 2. The molecule has 0 saturated carbocycles. The summed E-state index contributed by atoms with van der Waals surface area (Å²) in [5.41, 5.74) is 1.76. The van der Waals surface area contributed by atoms with E-state index in [1.54, 1.807) is 46.7 Å². The highest BCUT2D eigenvalue weighted by molar-refractivity contribution is 5.80. The van der Waals surface area contributed by atoms with Crippen LogP contribution in [0.2, 0.25) is 0 Å². The molecule has 29 heavy (non-hydrogen) atoms. The summed E-state index contributed by atoms with van der Waals surface area (Å²) in [6.07, 6.45) is 3.42. The van der Waals surface area contributed by atoms with Gasteiger partial charge in [-0.05, 0) is 59.7 Å². The van der Waals surface area contributed by atoms with Crippen LogP contribution in [0.4, 0.5) is 0 Å². The average molecular weight is 396 g/mol. The molecule has 0 N–H and O–H groups in total. The average Bonchev–Trinajstić information content (AvgIpc) is 2.66. The smallest absolute Gasteiger partial charge is 0.308 e. The summed E-state index contributed by atoms with van der Waals surface area (Å²) in [7, 11) is 3.67. The fraction of sp³-hybridized carbons (Fsp3) is 0.238. The van der Waals surface area contributed by atoms with Crippen molar-refractivity contribution in [2.75, 3.05) is 20.8 Å². The first kappa shape index (κ1) is 21.6. The minimum atomic E-state index is -0.352. The van der Waals surface area contributed by atoms with Gasteiger partial charge in [-0.1, -0.05) is 0 Å². The molecule has 0 atom stereocenters. The van der Waals surface area contributed by atoms with Gasteiger partial charge in [0.25, 0.3) is 0 Å². The largest absolute Gasteiger partial charge is 0.427 e. The standard InChI is InChI=1S/C21H24N4O4/c1-16(26)28-20-9-5-18(6-10-20)13-22-24(3)15-25(4)23-14-19-7-11-21(12-8-19)29-17(2)27/h5-14H,15H2,1-4H3/b22-13-,23-14+. The van der Waals surface area contributed by atoms with Crippen molar-refractivity contribution >= 4 is 24.4 Å². The molecule has 2 rings (SSSR count). The summed E-state index contributed by atoms with van der Waals surface area (Å²) in [4.78, 5) is 21.8. The second kappa shape index (κ2) is 10.6. The van der Waals surface area contributed by atoms with E-state index in [2.05, 4.69) is 10.2 Å². The maximum Gasteiger partial charge on any atom is 0.308 e. The van der Waals surface area contributed by atoms with Crippen molar-refractivity contribution in [3.05, 3.63) is 59.7 Å². The minimum Gasteiger partial charge on any atom is -0.427 e. The van der Waals surface area contributed by atoms with Gasteiger partial charge in [-0.15, -0.1) is 0 Å². The zero-order chi connectivity index (χ0) is 21.2. The fourth-order valence-electron chi connectivity index (χ4n) is 2.28. The quantitative estimate of drug-likeness (QED) is 0.224. The number of hydrogen-bond acceptors (Lipinski definition) is 8. The van der Waals surface area contributed by atoms with Crippen LogP contribution < -0.4 is 9.47 Å². The molecule has 0 aliphatic carbocycles. The number of carbonyl (C=O) groups excluding carboxylic acids is 2. The Hall–Kier alpha value is -3.68. The van der Waals surface area contributed by atoms with Gasteiger partial charge in [0.2, 0.25) is 0 Å². The molecule has 0 bridgehead atoms. The molecule has 0 fully saturated rings. The lowest BCUT2D eigenvalue weighted by molar-refractivity contribution is -0.132. The molecular weight excluding hydrogens is 372 g/mol. The molecule has 2 aromatic carbocycles. The number of carbonyl (C=O) groups is 2. The third-order valence-corrected chi connectivity index (χ3v) is 3.50. The molecule has 0 spiro atoms. The van der Waals surface area contributed by atoms with Crippen molar-refractivity contribution in [1.82, 2.24) is 10.0 Å². The van der Waals surface area contributed by atoms with E-state index in [1.807, 2.05) is 38.4 Å². The van der Waals surface area contributed by atoms with Crippen LogP contribution in [0.1, 0.15) is 25.0 Å². The van der Waals surface area contributed by atoms with E-state index in [4.69, 9.17) is 9.47 Å². The lowest BCUT2D eigenvalue weighted by Gasteiger charge is -2.19. The Kier molecular flexibility index (Phi) is 7.90. The highest BCUT2D eigenvalue weighted by Gasteiger charge is 2.00. The van der Waals surface area contributed by atoms with Gasteiger partial charge in [-0.3, -0.25) is 19.6 Å². The maximum atomic E-state index is 10.9. The lowest BCUT2D eigenvalue weighted by atomic mass is 10.2. The van der Waals surface area contributed by atoms with Gasteiger partial charge < -0.3 is 9.47 Å². The van der Waals surface area contributed by atoms with Crippen molar-refractivity contribution in [3.63, 3.8) is 0 Å². The number of ether oxygens (including phenoxy) is 2. The van der Waals surface area contributed by atoms with Crippen LogP contribution in [0, 0.1) is 0 Å². The van der Waals surface area contributed by atoms with Crippen LogP contribution in [-0.4, -0.2) is 55.1 Å². The van der Waals surface area contributed by atoms with E-state index in [9.17, 15) is 9.59 Å². The first-order valence-electron chi connectivity index (χ1n) is 8.89. The third-order valence-electron chi connectivity index (χ3n) is 3.50. The van der Waals surface area contributed by atoms with E-state index in [0.29, 0.717) is 18.2 Å². The first-order chi connectivity index (χ1) is 13.8. The predicted octanol–water partition coefficient (Wildman–Crippen LogP) is 2.73. The maximum absolute atomic E-state index is 10.9. The van der Waals surface area contributed by atoms with Crippen LogP contribution in [-0.2, 0) is 9.59 Å². The van der Waals surface area contributed by atoms with Crippen LogP contribution in [0.3, 0.4) is 0 Å².